The minimum absolute atomic E-state index is 0.258. The maximum atomic E-state index is 13.0. The van der Waals surface area contributed by atoms with Gasteiger partial charge in [0.2, 0.25) is 0 Å². The Labute approximate surface area is 170 Å². The molecule has 0 aromatic heterocycles. The lowest BCUT2D eigenvalue weighted by Crippen LogP contribution is -2.57. The predicted molar refractivity (Wildman–Crippen MR) is 107 cm³/mol. The van der Waals surface area contributed by atoms with Crippen LogP contribution in [0, 0.1) is 0 Å². The van der Waals surface area contributed by atoms with Crippen LogP contribution in [0.5, 0.6) is 0 Å². The molecule has 1 fully saturated rings. The Morgan fingerprint density at radius 1 is 1.21 bits per heavy atom. The number of carbonyl (C=O) groups excluding carboxylic acids is 1. The van der Waals surface area contributed by atoms with Crippen molar-refractivity contribution in [1.82, 2.24) is 15.3 Å². The number of aryl methyl sites for hydroxylation is 1. The lowest BCUT2D eigenvalue weighted by molar-refractivity contribution is -0.143. The van der Waals surface area contributed by atoms with Crippen LogP contribution in [0.2, 0.25) is 0 Å². The summed E-state index contributed by atoms with van der Waals surface area (Å²) < 4.78 is 0. The van der Waals surface area contributed by atoms with E-state index < -0.39 is 30.1 Å². The number of hydrazine groups is 1. The minimum Gasteiger partial charge on any atom is -0.480 e. The second-order valence-electron chi connectivity index (χ2n) is 7.16. The van der Waals surface area contributed by atoms with E-state index in [2.05, 4.69) is 5.43 Å². The monoisotopic (exact) mass is 406 g/mol. The molecule has 29 heavy (non-hydrogen) atoms. The van der Waals surface area contributed by atoms with Crippen LogP contribution in [-0.4, -0.2) is 69.8 Å². The molecule has 1 heterocycles. The fraction of sp³-hybridized carbons (Fsp3) is 0.550. The number of carbonyl (C=O) groups is 3. The maximum Gasteiger partial charge on any atom is 0.335 e. The van der Waals surface area contributed by atoms with Gasteiger partial charge in [-0.25, -0.2) is 15.0 Å². The van der Waals surface area contributed by atoms with Crippen molar-refractivity contribution in [3.8, 4) is 0 Å². The van der Waals surface area contributed by atoms with Gasteiger partial charge in [-0.1, -0.05) is 30.3 Å². The van der Waals surface area contributed by atoms with Gasteiger partial charge in [-0.2, -0.15) is 0 Å². The average molecular weight is 406 g/mol. The standard InChI is InChI=1S/C20H30N4O5/c21-12-4-5-14-24(20(29)23-13-6-9-17(23)19(27)28)22-16(18(25)26)11-10-15-7-2-1-3-8-15/h1-3,7-8,16-17,22H,4-6,9-14,21H2,(H,25,26)(H,27,28)/t16?,17-/m0/s1. The van der Waals surface area contributed by atoms with E-state index in [9.17, 15) is 24.6 Å². The molecule has 1 aromatic rings. The van der Waals surface area contributed by atoms with E-state index in [1.807, 2.05) is 30.3 Å². The molecule has 9 heteroatoms. The minimum atomic E-state index is -1.06. The van der Waals surface area contributed by atoms with Gasteiger partial charge in [0.1, 0.15) is 12.1 Å². The Morgan fingerprint density at radius 2 is 1.93 bits per heavy atom. The van der Waals surface area contributed by atoms with Crippen molar-refractivity contribution < 1.29 is 24.6 Å². The summed E-state index contributed by atoms with van der Waals surface area (Å²) in [4.78, 5) is 37.5. The Morgan fingerprint density at radius 3 is 2.55 bits per heavy atom. The van der Waals surface area contributed by atoms with Gasteiger partial charge in [-0.3, -0.25) is 9.80 Å². The molecule has 160 valence electrons. The summed E-state index contributed by atoms with van der Waals surface area (Å²) in [5, 5.41) is 20.2. The van der Waals surface area contributed by atoms with Crippen molar-refractivity contribution in [2.45, 2.75) is 50.6 Å². The van der Waals surface area contributed by atoms with Gasteiger partial charge in [0.05, 0.1) is 0 Å². The smallest absolute Gasteiger partial charge is 0.335 e. The first-order valence-electron chi connectivity index (χ1n) is 9.98. The highest BCUT2D eigenvalue weighted by atomic mass is 16.4. The molecule has 1 aliphatic heterocycles. The van der Waals surface area contributed by atoms with Crippen LogP contribution in [-0.2, 0) is 16.0 Å². The first-order chi connectivity index (χ1) is 13.9. The summed E-state index contributed by atoms with van der Waals surface area (Å²) in [6, 6.07) is 7.16. The van der Waals surface area contributed by atoms with Gasteiger partial charge in [-0.15, -0.1) is 0 Å². The highest BCUT2D eigenvalue weighted by Crippen LogP contribution is 2.19. The number of likely N-dealkylation sites (tertiary alicyclic amines) is 1. The number of hydrogen-bond acceptors (Lipinski definition) is 5. The third-order valence-corrected chi connectivity index (χ3v) is 5.02. The van der Waals surface area contributed by atoms with Crippen LogP contribution < -0.4 is 11.2 Å². The van der Waals surface area contributed by atoms with Gasteiger partial charge in [0.15, 0.2) is 0 Å². The molecule has 1 aliphatic rings. The molecular formula is C20H30N4O5. The number of carboxylic acids is 2. The molecular weight excluding hydrogens is 376 g/mol. The van der Waals surface area contributed by atoms with E-state index in [1.165, 1.54) is 9.91 Å². The molecule has 0 saturated carbocycles. The highest BCUT2D eigenvalue weighted by molar-refractivity contribution is 5.83. The molecule has 2 rings (SSSR count). The number of aliphatic carboxylic acids is 2. The number of carboxylic acid groups (broad SMARTS) is 2. The summed E-state index contributed by atoms with van der Waals surface area (Å²) in [6.45, 7) is 1.06. The van der Waals surface area contributed by atoms with E-state index in [0.29, 0.717) is 51.6 Å². The number of hydrogen-bond donors (Lipinski definition) is 4. The van der Waals surface area contributed by atoms with E-state index >= 15 is 0 Å². The van der Waals surface area contributed by atoms with Crippen LogP contribution in [0.15, 0.2) is 30.3 Å². The number of nitrogens with one attached hydrogen (secondary N) is 1. The van der Waals surface area contributed by atoms with E-state index in [-0.39, 0.29) is 6.54 Å². The zero-order valence-corrected chi connectivity index (χ0v) is 16.5. The van der Waals surface area contributed by atoms with Crippen LogP contribution in [0.25, 0.3) is 0 Å². The fourth-order valence-corrected chi connectivity index (χ4v) is 3.42. The number of rotatable bonds is 11. The van der Waals surface area contributed by atoms with Crippen LogP contribution in [0.3, 0.4) is 0 Å². The van der Waals surface area contributed by atoms with Gasteiger partial charge < -0.3 is 20.8 Å². The Balaban J connectivity index is 2.08. The van der Waals surface area contributed by atoms with Gasteiger partial charge in [-0.05, 0) is 50.6 Å². The van der Waals surface area contributed by atoms with Crippen molar-refractivity contribution in [3.05, 3.63) is 35.9 Å². The van der Waals surface area contributed by atoms with Crippen LogP contribution in [0.4, 0.5) is 4.79 Å². The first-order valence-corrected chi connectivity index (χ1v) is 9.98. The van der Waals surface area contributed by atoms with Gasteiger partial charge in [0.25, 0.3) is 0 Å². The summed E-state index contributed by atoms with van der Waals surface area (Å²) in [5.74, 6) is -2.11. The van der Waals surface area contributed by atoms with Gasteiger partial charge >= 0.3 is 18.0 Å². The Kier molecular flexibility index (Phi) is 8.88. The number of amides is 2. The van der Waals surface area contributed by atoms with E-state index in [4.69, 9.17) is 5.73 Å². The summed E-state index contributed by atoms with van der Waals surface area (Å²) in [5.41, 5.74) is 9.36. The molecule has 5 N–H and O–H groups in total. The second-order valence-corrected chi connectivity index (χ2v) is 7.16. The average Bonchev–Trinajstić information content (AvgIpc) is 3.20. The zero-order valence-electron chi connectivity index (χ0n) is 16.5. The largest absolute Gasteiger partial charge is 0.480 e. The number of nitrogens with two attached hydrogens (primary N) is 1. The molecule has 0 radical (unpaired) electrons. The van der Waals surface area contributed by atoms with Crippen molar-refractivity contribution in [1.29, 1.82) is 0 Å². The predicted octanol–water partition coefficient (Wildman–Crippen LogP) is 1.29. The summed E-state index contributed by atoms with van der Waals surface area (Å²) in [7, 11) is 0. The number of unbranched alkanes of at least 4 members (excludes halogenated alkanes) is 1. The molecule has 1 aromatic carbocycles. The maximum absolute atomic E-state index is 13.0. The summed E-state index contributed by atoms with van der Waals surface area (Å²) >= 11 is 0. The zero-order chi connectivity index (χ0) is 21.2. The van der Waals surface area contributed by atoms with Crippen LogP contribution >= 0.6 is 0 Å². The number of nitrogens with zero attached hydrogens (tertiary/aromatic N) is 2. The lowest BCUT2D eigenvalue weighted by atomic mass is 10.1. The number of urea groups is 1. The van der Waals surface area contributed by atoms with Crippen molar-refractivity contribution in [3.63, 3.8) is 0 Å². The van der Waals surface area contributed by atoms with Crippen molar-refractivity contribution in [2.75, 3.05) is 19.6 Å². The molecule has 2 amide bonds. The lowest BCUT2D eigenvalue weighted by Gasteiger charge is -2.32. The van der Waals surface area contributed by atoms with Gasteiger partial charge in [0, 0.05) is 13.1 Å². The topological polar surface area (TPSA) is 136 Å². The third kappa shape index (κ3) is 6.72. The fourth-order valence-electron chi connectivity index (χ4n) is 3.42. The molecule has 1 unspecified atom stereocenters. The molecule has 1 saturated heterocycles. The molecule has 0 bridgehead atoms. The van der Waals surface area contributed by atoms with Crippen molar-refractivity contribution in [2.24, 2.45) is 5.73 Å². The quantitative estimate of drug-likeness (QED) is 0.321. The SMILES string of the molecule is NCCCCN(NC(CCc1ccccc1)C(=O)O)C(=O)N1CCC[C@H]1C(=O)O. The highest BCUT2D eigenvalue weighted by Gasteiger charge is 2.37. The first kappa shape index (κ1) is 22.6. The van der Waals surface area contributed by atoms with E-state index in [1.54, 1.807) is 0 Å². The van der Waals surface area contributed by atoms with E-state index in [0.717, 1.165) is 5.56 Å². The normalized spacial score (nSPS) is 17.1. The van der Waals surface area contributed by atoms with Crippen LogP contribution in [0.1, 0.15) is 37.7 Å². The molecule has 2 atom stereocenters. The third-order valence-electron chi connectivity index (χ3n) is 5.02. The molecule has 0 aliphatic carbocycles. The molecule has 0 spiro atoms. The Bertz CT molecular complexity index is 685. The summed E-state index contributed by atoms with van der Waals surface area (Å²) in [6.07, 6.45) is 3.10. The molecule has 9 nitrogen and oxygen atoms in total. The number of benzene rings is 1. The Hall–Kier alpha value is -2.65. The second kappa shape index (κ2) is 11.4. The van der Waals surface area contributed by atoms with Crippen molar-refractivity contribution >= 4 is 18.0 Å².